The number of nitro benzene ring substituents is 1. The zero-order chi connectivity index (χ0) is 25.1. The molecule has 1 aliphatic heterocycles. The highest BCUT2D eigenvalue weighted by atomic mass is 16.6. The minimum atomic E-state index is -0.442. The van der Waals surface area contributed by atoms with Gasteiger partial charge in [-0.25, -0.2) is 9.80 Å². The molecule has 0 atom stereocenters. The van der Waals surface area contributed by atoms with Crippen LogP contribution < -0.4 is 9.64 Å². The van der Waals surface area contributed by atoms with Crippen LogP contribution >= 0.6 is 0 Å². The van der Waals surface area contributed by atoms with Crippen LogP contribution in [0, 0.1) is 16.0 Å². The van der Waals surface area contributed by atoms with Crippen LogP contribution in [0.2, 0.25) is 0 Å². The number of carbonyl (C=O) groups is 1. The van der Waals surface area contributed by atoms with Crippen molar-refractivity contribution in [3.8, 4) is 5.75 Å². The van der Waals surface area contributed by atoms with Crippen molar-refractivity contribution < 1.29 is 14.5 Å². The van der Waals surface area contributed by atoms with Crippen LogP contribution in [0.15, 0.2) is 77.9 Å². The largest absolute Gasteiger partial charge is 0.497 e. The predicted molar refractivity (Wildman–Crippen MR) is 139 cm³/mol. The molecule has 0 N–H and O–H groups in total. The summed E-state index contributed by atoms with van der Waals surface area (Å²) in [5, 5.41) is 17.7. The van der Waals surface area contributed by atoms with E-state index in [4.69, 9.17) is 9.84 Å². The zero-order valence-corrected chi connectivity index (χ0v) is 20.2. The van der Waals surface area contributed by atoms with E-state index in [1.165, 1.54) is 23.6 Å². The summed E-state index contributed by atoms with van der Waals surface area (Å²) in [4.78, 5) is 26.5. The Bertz CT molecular complexity index is 1280. The summed E-state index contributed by atoms with van der Waals surface area (Å²) in [7, 11) is 1.62. The second-order valence-electron chi connectivity index (χ2n) is 9.13. The lowest BCUT2D eigenvalue weighted by atomic mass is 9.83. The summed E-state index contributed by atoms with van der Waals surface area (Å²) in [6, 6.07) is 21.2. The van der Waals surface area contributed by atoms with Crippen LogP contribution in [0.3, 0.4) is 0 Å². The van der Waals surface area contributed by atoms with Crippen LogP contribution in [-0.4, -0.2) is 28.8 Å². The van der Waals surface area contributed by atoms with Gasteiger partial charge in [-0.3, -0.25) is 15.0 Å². The zero-order valence-electron chi connectivity index (χ0n) is 20.2. The van der Waals surface area contributed by atoms with Crippen molar-refractivity contribution in [3.05, 3.63) is 94.0 Å². The number of rotatable bonds is 6. The van der Waals surface area contributed by atoms with E-state index < -0.39 is 4.92 Å². The molecule has 2 aliphatic rings. The second-order valence-corrected chi connectivity index (χ2v) is 9.13. The SMILES string of the molecule is COc1ccc(CN2N=C(C3CCCCC3)c3ccccc3N(c3ccc([N+](=O)[O-])cc3)C2=O)cc1. The number of nitrogens with zero attached hydrogens (tertiary/aromatic N) is 4. The lowest BCUT2D eigenvalue weighted by Gasteiger charge is -2.26. The molecule has 0 unspecified atom stereocenters. The Kier molecular flexibility index (Phi) is 6.66. The first kappa shape index (κ1) is 23.5. The Morgan fingerprint density at radius 1 is 0.972 bits per heavy atom. The lowest BCUT2D eigenvalue weighted by Crippen LogP contribution is -2.36. The van der Waals surface area contributed by atoms with Crippen molar-refractivity contribution in [1.82, 2.24) is 5.01 Å². The molecule has 2 amide bonds. The van der Waals surface area contributed by atoms with E-state index in [2.05, 4.69) is 0 Å². The van der Waals surface area contributed by atoms with Gasteiger partial charge in [0.05, 0.1) is 35.7 Å². The molecule has 0 saturated heterocycles. The summed E-state index contributed by atoms with van der Waals surface area (Å²) in [6.07, 6.45) is 5.58. The van der Waals surface area contributed by atoms with Gasteiger partial charge >= 0.3 is 6.03 Å². The third-order valence-corrected chi connectivity index (χ3v) is 6.86. The van der Waals surface area contributed by atoms with E-state index in [0.717, 1.165) is 54.0 Å². The van der Waals surface area contributed by atoms with Gasteiger partial charge in [0.1, 0.15) is 5.75 Å². The van der Waals surface area contributed by atoms with E-state index in [-0.39, 0.29) is 24.2 Å². The summed E-state index contributed by atoms with van der Waals surface area (Å²) >= 11 is 0. The summed E-state index contributed by atoms with van der Waals surface area (Å²) < 4.78 is 5.28. The highest BCUT2D eigenvalue weighted by molar-refractivity contribution is 6.13. The smallest absolute Gasteiger partial charge is 0.349 e. The maximum absolute atomic E-state index is 14.1. The average molecular weight is 485 g/mol. The molecule has 0 radical (unpaired) electrons. The number of carbonyl (C=O) groups excluding carboxylic acids is 1. The molecular formula is C28H28N4O4. The molecule has 3 aromatic carbocycles. The number of para-hydroxylation sites is 1. The van der Waals surface area contributed by atoms with Gasteiger partial charge in [0.15, 0.2) is 0 Å². The number of methoxy groups -OCH3 is 1. The molecule has 36 heavy (non-hydrogen) atoms. The van der Waals surface area contributed by atoms with Crippen molar-refractivity contribution in [2.24, 2.45) is 11.0 Å². The van der Waals surface area contributed by atoms with Crippen molar-refractivity contribution in [1.29, 1.82) is 0 Å². The summed E-state index contributed by atoms with van der Waals surface area (Å²) in [6.45, 7) is 0.288. The summed E-state index contributed by atoms with van der Waals surface area (Å²) in [5.41, 5.74) is 4.04. The number of urea groups is 1. The monoisotopic (exact) mass is 484 g/mol. The van der Waals surface area contributed by atoms with Crippen LogP contribution in [-0.2, 0) is 6.54 Å². The number of amides is 2. The Morgan fingerprint density at radius 2 is 1.67 bits per heavy atom. The van der Waals surface area contributed by atoms with Gasteiger partial charge in [-0.1, -0.05) is 49.6 Å². The van der Waals surface area contributed by atoms with Gasteiger partial charge in [0, 0.05) is 23.6 Å². The molecule has 8 nitrogen and oxygen atoms in total. The first-order valence-corrected chi connectivity index (χ1v) is 12.2. The maximum atomic E-state index is 14.1. The van der Waals surface area contributed by atoms with Crippen molar-refractivity contribution in [2.75, 3.05) is 12.0 Å². The molecule has 0 aromatic heterocycles. The highest BCUT2D eigenvalue weighted by Crippen LogP contribution is 2.38. The van der Waals surface area contributed by atoms with Crippen LogP contribution in [0.4, 0.5) is 21.9 Å². The van der Waals surface area contributed by atoms with E-state index in [1.807, 2.05) is 48.5 Å². The van der Waals surface area contributed by atoms with Crippen LogP contribution in [0.5, 0.6) is 5.75 Å². The highest BCUT2D eigenvalue weighted by Gasteiger charge is 2.34. The number of hydrazone groups is 1. The molecule has 1 aliphatic carbocycles. The Labute approximate surface area is 209 Å². The average Bonchev–Trinajstić information content (AvgIpc) is 3.04. The maximum Gasteiger partial charge on any atom is 0.349 e. The third-order valence-electron chi connectivity index (χ3n) is 6.86. The normalized spacial score (nSPS) is 16.2. The molecule has 8 heteroatoms. The van der Waals surface area contributed by atoms with Gasteiger partial charge in [0.2, 0.25) is 0 Å². The standard InChI is InChI=1S/C28H28N4O4/c1-36-24-17-11-20(12-18-24)19-30-28(33)31(22-13-15-23(16-14-22)32(34)35)26-10-6-5-9-25(26)27(29-30)21-7-3-2-4-8-21/h5-6,9-18,21H,2-4,7-8,19H2,1H3. The number of ether oxygens (including phenoxy) is 1. The lowest BCUT2D eigenvalue weighted by molar-refractivity contribution is -0.384. The minimum Gasteiger partial charge on any atom is -0.497 e. The fraction of sp³-hybridized carbons (Fsp3) is 0.286. The number of non-ortho nitro benzene ring substituents is 1. The third kappa shape index (κ3) is 4.66. The van der Waals surface area contributed by atoms with E-state index in [1.54, 1.807) is 24.1 Å². The van der Waals surface area contributed by atoms with E-state index >= 15 is 0 Å². The van der Waals surface area contributed by atoms with Crippen LogP contribution in [0.1, 0.15) is 43.2 Å². The Hall–Kier alpha value is -4.20. The molecule has 0 spiro atoms. The first-order valence-electron chi connectivity index (χ1n) is 12.2. The Balaban J connectivity index is 1.61. The van der Waals surface area contributed by atoms with E-state index in [9.17, 15) is 14.9 Å². The van der Waals surface area contributed by atoms with Crippen molar-refractivity contribution in [3.63, 3.8) is 0 Å². The quantitative estimate of drug-likeness (QED) is 0.289. The van der Waals surface area contributed by atoms with Gasteiger partial charge in [-0.2, -0.15) is 5.10 Å². The van der Waals surface area contributed by atoms with Gasteiger partial charge in [0.25, 0.3) is 5.69 Å². The summed E-state index contributed by atoms with van der Waals surface area (Å²) in [5.74, 6) is 1.01. The molecule has 5 rings (SSSR count). The first-order chi connectivity index (χ1) is 17.5. The van der Waals surface area contributed by atoms with Gasteiger partial charge in [-0.05, 0) is 48.7 Å². The fourth-order valence-electron chi connectivity index (χ4n) is 4.99. The number of hydrogen-bond donors (Lipinski definition) is 0. The molecule has 0 bridgehead atoms. The number of nitro groups is 1. The topological polar surface area (TPSA) is 88.3 Å². The van der Waals surface area contributed by atoms with Crippen molar-refractivity contribution >= 4 is 28.8 Å². The van der Waals surface area contributed by atoms with Gasteiger partial charge in [-0.15, -0.1) is 0 Å². The molecule has 1 saturated carbocycles. The predicted octanol–water partition coefficient (Wildman–Crippen LogP) is 6.66. The molecule has 1 fully saturated rings. The molecule has 1 heterocycles. The molecular weight excluding hydrogens is 456 g/mol. The second kappa shape index (κ2) is 10.2. The van der Waals surface area contributed by atoms with E-state index in [0.29, 0.717) is 5.69 Å². The number of benzene rings is 3. The van der Waals surface area contributed by atoms with Crippen molar-refractivity contribution in [2.45, 2.75) is 38.6 Å². The number of hydrogen-bond acceptors (Lipinski definition) is 5. The number of anilines is 2. The minimum absolute atomic E-state index is 0.0245. The van der Waals surface area contributed by atoms with Gasteiger partial charge < -0.3 is 4.74 Å². The fourth-order valence-corrected chi connectivity index (χ4v) is 4.99. The molecule has 3 aromatic rings. The Morgan fingerprint density at radius 3 is 2.33 bits per heavy atom. The van der Waals surface area contributed by atoms with Crippen LogP contribution in [0.25, 0.3) is 0 Å². The number of fused-ring (bicyclic) bond motifs is 1. The molecule has 184 valence electrons.